The zero-order valence-electron chi connectivity index (χ0n) is 16.6. The molecule has 3 amide bonds. The second kappa shape index (κ2) is 9.49. The molecule has 30 heavy (non-hydrogen) atoms. The Morgan fingerprint density at radius 2 is 1.33 bits per heavy atom. The number of hydrogen-bond donors (Lipinski definition) is 3. The van der Waals surface area contributed by atoms with Gasteiger partial charge in [0.2, 0.25) is 0 Å². The average molecular weight is 435 g/mol. The molecule has 0 fully saturated rings. The Labute approximate surface area is 173 Å². The lowest BCUT2D eigenvalue weighted by molar-refractivity contribution is -0.124. The second-order valence-electron chi connectivity index (χ2n) is 6.94. The first kappa shape index (κ1) is 23.0. The fourth-order valence-corrected chi connectivity index (χ4v) is 3.11. The molecule has 0 saturated heterocycles. The number of halogens is 1. The first-order valence-electron chi connectivity index (χ1n) is 8.96. The molecule has 2 aromatic rings. The number of amides is 3. The summed E-state index contributed by atoms with van der Waals surface area (Å²) in [5.41, 5.74) is 4.79. The summed E-state index contributed by atoms with van der Waals surface area (Å²) in [4.78, 5) is 37.0. The number of carbonyl (C=O) groups is 3. The molecule has 0 heterocycles. The Kier molecular flexibility index (Phi) is 7.28. The number of hydrazine groups is 1. The van der Waals surface area contributed by atoms with Crippen molar-refractivity contribution in [2.75, 3.05) is 6.26 Å². The van der Waals surface area contributed by atoms with Gasteiger partial charge in [-0.2, -0.15) is 0 Å². The first-order chi connectivity index (χ1) is 14.0. The second-order valence-corrected chi connectivity index (χ2v) is 8.96. The standard InChI is InChI=1S/C20H22FN3O5S/c1-12(2)17(22-18(25)13-4-8-15(21)9-5-13)20(27)24-23-19(26)14-6-10-16(11-7-14)30(3,28)29/h4-12,17H,1-3H3,(H,22,25)(H,23,26)(H,24,27). The van der Waals surface area contributed by atoms with E-state index in [-0.39, 0.29) is 21.9 Å². The summed E-state index contributed by atoms with van der Waals surface area (Å²) in [6.45, 7) is 3.42. The Morgan fingerprint density at radius 3 is 1.83 bits per heavy atom. The molecule has 0 spiro atoms. The monoisotopic (exact) mass is 435 g/mol. The van der Waals surface area contributed by atoms with E-state index in [2.05, 4.69) is 16.2 Å². The molecule has 0 aliphatic heterocycles. The highest BCUT2D eigenvalue weighted by atomic mass is 32.2. The summed E-state index contributed by atoms with van der Waals surface area (Å²) in [6, 6.07) is 9.09. The number of nitrogens with one attached hydrogen (secondary N) is 3. The lowest BCUT2D eigenvalue weighted by Gasteiger charge is -2.22. The lowest BCUT2D eigenvalue weighted by atomic mass is 10.0. The molecule has 2 aromatic carbocycles. The largest absolute Gasteiger partial charge is 0.340 e. The van der Waals surface area contributed by atoms with Crippen LogP contribution in [0, 0.1) is 11.7 Å². The molecular weight excluding hydrogens is 413 g/mol. The van der Waals surface area contributed by atoms with Crippen molar-refractivity contribution in [3.8, 4) is 0 Å². The van der Waals surface area contributed by atoms with Crippen molar-refractivity contribution in [2.24, 2.45) is 5.92 Å². The molecule has 0 aliphatic carbocycles. The van der Waals surface area contributed by atoms with E-state index in [9.17, 15) is 27.2 Å². The van der Waals surface area contributed by atoms with Crippen LogP contribution in [0.4, 0.5) is 4.39 Å². The summed E-state index contributed by atoms with van der Waals surface area (Å²) in [5.74, 6) is -2.67. The molecular formula is C20H22FN3O5S. The molecule has 2 rings (SSSR count). The van der Waals surface area contributed by atoms with Gasteiger partial charge in [-0.05, 0) is 54.4 Å². The third-order valence-corrected chi connectivity index (χ3v) is 5.31. The molecule has 10 heteroatoms. The molecule has 160 valence electrons. The van der Waals surface area contributed by atoms with Crippen LogP contribution in [0.25, 0.3) is 0 Å². The zero-order valence-corrected chi connectivity index (χ0v) is 17.4. The topological polar surface area (TPSA) is 121 Å². The van der Waals surface area contributed by atoms with Gasteiger partial charge in [-0.25, -0.2) is 12.8 Å². The smallest absolute Gasteiger partial charge is 0.269 e. The van der Waals surface area contributed by atoms with Gasteiger partial charge >= 0.3 is 0 Å². The van der Waals surface area contributed by atoms with E-state index >= 15 is 0 Å². The Balaban J connectivity index is 2.00. The summed E-state index contributed by atoms with van der Waals surface area (Å²) in [7, 11) is -3.39. The van der Waals surface area contributed by atoms with Crippen LogP contribution in [0.3, 0.4) is 0 Å². The van der Waals surface area contributed by atoms with E-state index in [4.69, 9.17) is 0 Å². The average Bonchev–Trinajstić information content (AvgIpc) is 2.69. The molecule has 0 bridgehead atoms. The lowest BCUT2D eigenvalue weighted by Crippen LogP contribution is -2.54. The van der Waals surface area contributed by atoms with Crippen LogP contribution in [0.2, 0.25) is 0 Å². The van der Waals surface area contributed by atoms with Gasteiger partial charge in [-0.3, -0.25) is 25.2 Å². The number of carbonyl (C=O) groups excluding carboxylic acids is 3. The molecule has 0 aliphatic rings. The summed E-state index contributed by atoms with van der Waals surface area (Å²) in [5, 5.41) is 2.55. The molecule has 1 unspecified atom stereocenters. The van der Waals surface area contributed by atoms with Crippen molar-refractivity contribution >= 4 is 27.6 Å². The van der Waals surface area contributed by atoms with Crippen LogP contribution in [0.1, 0.15) is 34.6 Å². The van der Waals surface area contributed by atoms with Crippen molar-refractivity contribution in [3.05, 3.63) is 65.5 Å². The number of sulfone groups is 1. The van der Waals surface area contributed by atoms with Gasteiger partial charge in [0.1, 0.15) is 11.9 Å². The van der Waals surface area contributed by atoms with Crippen molar-refractivity contribution in [1.82, 2.24) is 16.2 Å². The van der Waals surface area contributed by atoms with Gasteiger partial charge in [0, 0.05) is 17.4 Å². The van der Waals surface area contributed by atoms with Crippen molar-refractivity contribution in [1.29, 1.82) is 0 Å². The summed E-state index contributed by atoms with van der Waals surface area (Å²) in [6.07, 6.45) is 1.05. The summed E-state index contributed by atoms with van der Waals surface area (Å²) >= 11 is 0. The van der Waals surface area contributed by atoms with E-state index in [0.29, 0.717) is 0 Å². The SMILES string of the molecule is CC(C)C(NC(=O)c1ccc(F)cc1)C(=O)NNC(=O)c1ccc(S(C)(=O)=O)cc1. The molecule has 8 nitrogen and oxygen atoms in total. The Hall–Kier alpha value is -3.27. The Morgan fingerprint density at radius 1 is 0.833 bits per heavy atom. The summed E-state index contributed by atoms with van der Waals surface area (Å²) < 4.78 is 35.9. The van der Waals surface area contributed by atoms with Gasteiger partial charge in [0.25, 0.3) is 17.7 Å². The third-order valence-electron chi connectivity index (χ3n) is 4.19. The van der Waals surface area contributed by atoms with Crippen LogP contribution < -0.4 is 16.2 Å². The van der Waals surface area contributed by atoms with Crippen molar-refractivity contribution in [3.63, 3.8) is 0 Å². The molecule has 0 radical (unpaired) electrons. The molecule has 0 saturated carbocycles. The highest BCUT2D eigenvalue weighted by Crippen LogP contribution is 2.10. The maximum Gasteiger partial charge on any atom is 0.269 e. The highest BCUT2D eigenvalue weighted by Gasteiger charge is 2.25. The minimum atomic E-state index is -3.39. The molecule has 0 aromatic heterocycles. The van der Waals surface area contributed by atoms with Crippen LogP contribution in [-0.2, 0) is 14.6 Å². The van der Waals surface area contributed by atoms with Crippen molar-refractivity contribution < 1.29 is 27.2 Å². The minimum absolute atomic E-state index is 0.0615. The van der Waals surface area contributed by atoms with Gasteiger partial charge in [-0.1, -0.05) is 13.8 Å². The van der Waals surface area contributed by atoms with E-state index in [1.807, 2.05) is 0 Å². The number of rotatable bonds is 6. The van der Waals surface area contributed by atoms with E-state index in [0.717, 1.165) is 18.4 Å². The Bertz CT molecular complexity index is 1040. The normalized spacial score (nSPS) is 12.2. The van der Waals surface area contributed by atoms with Crippen LogP contribution in [-0.4, -0.2) is 38.4 Å². The number of hydrogen-bond acceptors (Lipinski definition) is 5. The first-order valence-corrected chi connectivity index (χ1v) is 10.8. The maximum atomic E-state index is 13.0. The molecule has 1 atom stereocenters. The van der Waals surface area contributed by atoms with Crippen molar-refractivity contribution in [2.45, 2.75) is 24.8 Å². The molecule has 3 N–H and O–H groups in total. The minimum Gasteiger partial charge on any atom is -0.340 e. The van der Waals surface area contributed by atoms with Crippen LogP contribution in [0.5, 0.6) is 0 Å². The highest BCUT2D eigenvalue weighted by molar-refractivity contribution is 7.90. The van der Waals surface area contributed by atoms with E-state index < -0.39 is 39.4 Å². The fraction of sp³-hybridized carbons (Fsp3) is 0.250. The van der Waals surface area contributed by atoms with Crippen LogP contribution >= 0.6 is 0 Å². The maximum absolute atomic E-state index is 13.0. The predicted octanol–water partition coefficient (Wildman–Crippen LogP) is 1.44. The number of benzene rings is 2. The predicted molar refractivity (Wildman–Crippen MR) is 108 cm³/mol. The fourth-order valence-electron chi connectivity index (χ4n) is 2.48. The van der Waals surface area contributed by atoms with Gasteiger partial charge in [0.05, 0.1) is 4.90 Å². The van der Waals surface area contributed by atoms with Gasteiger partial charge in [0.15, 0.2) is 9.84 Å². The van der Waals surface area contributed by atoms with Crippen LogP contribution in [0.15, 0.2) is 53.4 Å². The zero-order chi connectivity index (χ0) is 22.5. The van der Waals surface area contributed by atoms with E-state index in [1.54, 1.807) is 13.8 Å². The third kappa shape index (κ3) is 6.11. The van der Waals surface area contributed by atoms with Gasteiger partial charge < -0.3 is 5.32 Å². The van der Waals surface area contributed by atoms with Gasteiger partial charge in [-0.15, -0.1) is 0 Å². The van der Waals surface area contributed by atoms with E-state index in [1.165, 1.54) is 36.4 Å². The quantitative estimate of drug-likeness (QED) is 0.593.